The summed E-state index contributed by atoms with van der Waals surface area (Å²) in [5, 5.41) is 4.45. The molecule has 0 radical (unpaired) electrons. The molecule has 1 amide bonds. The van der Waals surface area contributed by atoms with Gasteiger partial charge in [0.15, 0.2) is 0 Å². The van der Waals surface area contributed by atoms with Crippen LogP contribution in [-0.4, -0.2) is 27.2 Å². The number of carbonyl (C=O) groups excluding carboxylic acids is 1. The van der Waals surface area contributed by atoms with Crippen LogP contribution in [0.3, 0.4) is 0 Å². The van der Waals surface area contributed by atoms with Crippen LogP contribution in [0.25, 0.3) is 16.8 Å². The summed E-state index contributed by atoms with van der Waals surface area (Å²) in [7, 11) is 0. The fraction of sp³-hybridized carbons (Fsp3) is 0.125. The lowest BCUT2D eigenvalue weighted by atomic mass is 10.0. The van der Waals surface area contributed by atoms with Gasteiger partial charge in [0.25, 0.3) is 5.91 Å². The number of para-hydroxylation sites is 1. The number of benzene rings is 2. The van der Waals surface area contributed by atoms with E-state index in [1.165, 1.54) is 5.56 Å². The molecule has 5 nitrogen and oxygen atoms in total. The van der Waals surface area contributed by atoms with Crippen molar-refractivity contribution in [2.24, 2.45) is 0 Å². The van der Waals surface area contributed by atoms with E-state index in [0.29, 0.717) is 12.1 Å². The molecule has 1 aliphatic rings. The Balaban J connectivity index is 1.46. The first-order valence-corrected chi connectivity index (χ1v) is 9.67. The molecule has 0 spiro atoms. The van der Waals surface area contributed by atoms with Crippen LogP contribution in [0.1, 0.15) is 21.6 Å². The van der Waals surface area contributed by atoms with Crippen molar-refractivity contribution in [1.82, 2.24) is 14.8 Å². The van der Waals surface area contributed by atoms with E-state index in [2.05, 4.69) is 22.2 Å². The monoisotopic (exact) mass is 380 g/mol. The molecule has 0 saturated heterocycles. The van der Waals surface area contributed by atoms with Gasteiger partial charge in [-0.05, 0) is 66.4 Å². The predicted molar refractivity (Wildman–Crippen MR) is 113 cm³/mol. The van der Waals surface area contributed by atoms with Crippen LogP contribution in [0.15, 0.2) is 79.3 Å². The zero-order valence-corrected chi connectivity index (χ0v) is 16.1. The van der Waals surface area contributed by atoms with Gasteiger partial charge in [-0.1, -0.05) is 24.3 Å². The Hall–Kier alpha value is -3.73. The lowest BCUT2D eigenvalue weighted by molar-refractivity contribution is 0.0989. The molecular weight excluding hydrogens is 360 g/mol. The zero-order chi connectivity index (χ0) is 19.8. The first-order valence-electron chi connectivity index (χ1n) is 9.67. The highest BCUT2D eigenvalue weighted by atomic mass is 16.2. The maximum atomic E-state index is 13.3. The Labute approximate surface area is 169 Å². The zero-order valence-electron chi connectivity index (χ0n) is 16.1. The molecule has 0 bridgehead atoms. The number of pyridine rings is 1. The van der Waals surface area contributed by atoms with E-state index >= 15 is 0 Å². The summed E-state index contributed by atoms with van der Waals surface area (Å²) in [5.41, 5.74) is 6.90. The number of amides is 1. The van der Waals surface area contributed by atoms with Crippen molar-refractivity contribution in [3.63, 3.8) is 0 Å². The largest absolute Gasteiger partial charge is 0.308 e. The van der Waals surface area contributed by atoms with Crippen LogP contribution in [-0.2, 0) is 6.42 Å². The van der Waals surface area contributed by atoms with Gasteiger partial charge in [-0.15, -0.1) is 0 Å². The van der Waals surface area contributed by atoms with Crippen molar-refractivity contribution in [3.8, 4) is 16.8 Å². The maximum absolute atomic E-state index is 13.3. The molecule has 2 aromatic carbocycles. The number of carbonyl (C=O) groups is 1. The second-order valence-corrected chi connectivity index (χ2v) is 7.18. The number of hydrogen-bond donors (Lipinski definition) is 0. The quantitative estimate of drug-likeness (QED) is 0.528. The van der Waals surface area contributed by atoms with Gasteiger partial charge in [0.05, 0.1) is 23.1 Å². The molecule has 0 saturated carbocycles. The molecule has 0 N–H and O–H groups in total. The fourth-order valence-electron chi connectivity index (χ4n) is 3.93. The summed E-state index contributed by atoms with van der Waals surface area (Å²) < 4.78 is 1.82. The van der Waals surface area contributed by atoms with Gasteiger partial charge < -0.3 is 4.90 Å². The average molecular weight is 380 g/mol. The molecule has 0 fully saturated rings. The van der Waals surface area contributed by atoms with Crippen LogP contribution in [0.5, 0.6) is 0 Å². The standard InChI is InChI=1S/C24H20N4O/c1-17-22(16-26-28(17)21-5-3-2-4-6-21)24(29)27-14-11-20-15-19(7-8-23(20)27)18-9-12-25-13-10-18/h2-10,12-13,15-16H,11,14H2,1H3. The van der Waals surface area contributed by atoms with E-state index in [9.17, 15) is 4.79 Å². The molecule has 0 unspecified atom stereocenters. The number of rotatable bonds is 3. The predicted octanol–water partition coefficient (Wildman–Crippen LogP) is 4.45. The average Bonchev–Trinajstić information content (AvgIpc) is 3.37. The van der Waals surface area contributed by atoms with Gasteiger partial charge in [0, 0.05) is 24.6 Å². The summed E-state index contributed by atoms with van der Waals surface area (Å²) >= 11 is 0. The highest BCUT2D eigenvalue weighted by Crippen LogP contribution is 2.33. The van der Waals surface area contributed by atoms with E-state index in [1.54, 1.807) is 18.6 Å². The van der Waals surface area contributed by atoms with Crippen LogP contribution in [0.2, 0.25) is 0 Å². The Kier molecular flexibility index (Phi) is 4.21. The van der Waals surface area contributed by atoms with Crippen molar-refractivity contribution in [1.29, 1.82) is 0 Å². The third-order valence-corrected chi connectivity index (χ3v) is 5.47. The van der Waals surface area contributed by atoms with E-state index < -0.39 is 0 Å². The number of anilines is 1. The second-order valence-electron chi connectivity index (χ2n) is 7.18. The summed E-state index contributed by atoms with van der Waals surface area (Å²) in [6.07, 6.45) is 6.12. The van der Waals surface area contributed by atoms with Gasteiger partial charge >= 0.3 is 0 Å². The molecule has 0 aliphatic carbocycles. The summed E-state index contributed by atoms with van der Waals surface area (Å²) in [5.74, 6) is 0.0000854. The molecule has 3 heterocycles. The molecule has 4 aromatic rings. The van der Waals surface area contributed by atoms with Gasteiger partial charge in [0.1, 0.15) is 0 Å². The van der Waals surface area contributed by atoms with Crippen molar-refractivity contribution in [3.05, 3.63) is 96.1 Å². The van der Waals surface area contributed by atoms with Crippen molar-refractivity contribution in [2.45, 2.75) is 13.3 Å². The van der Waals surface area contributed by atoms with Crippen molar-refractivity contribution < 1.29 is 4.79 Å². The van der Waals surface area contributed by atoms with Gasteiger partial charge in [-0.25, -0.2) is 4.68 Å². The number of fused-ring (bicyclic) bond motifs is 1. The van der Waals surface area contributed by atoms with Crippen molar-refractivity contribution >= 4 is 11.6 Å². The van der Waals surface area contributed by atoms with Crippen LogP contribution >= 0.6 is 0 Å². The SMILES string of the molecule is Cc1c(C(=O)N2CCc3cc(-c4ccncc4)ccc32)cnn1-c1ccccc1. The Morgan fingerprint density at radius 1 is 0.966 bits per heavy atom. The normalized spacial score (nSPS) is 12.8. The van der Waals surface area contributed by atoms with Crippen molar-refractivity contribution in [2.75, 3.05) is 11.4 Å². The second kappa shape index (κ2) is 7.02. The molecule has 142 valence electrons. The third kappa shape index (κ3) is 3.01. The molecule has 5 rings (SSSR count). The Morgan fingerprint density at radius 2 is 1.76 bits per heavy atom. The highest BCUT2D eigenvalue weighted by molar-refractivity contribution is 6.08. The minimum atomic E-state index is 0.0000854. The van der Waals surface area contributed by atoms with Crippen LogP contribution in [0.4, 0.5) is 5.69 Å². The van der Waals surface area contributed by atoms with Crippen LogP contribution < -0.4 is 4.90 Å². The summed E-state index contributed by atoms with van der Waals surface area (Å²) in [4.78, 5) is 19.2. The highest BCUT2D eigenvalue weighted by Gasteiger charge is 2.28. The fourth-order valence-corrected chi connectivity index (χ4v) is 3.93. The smallest absolute Gasteiger partial charge is 0.261 e. The third-order valence-electron chi connectivity index (χ3n) is 5.47. The topological polar surface area (TPSA) is 51.0 Å². The first-order chi connectivity index (χ1) is 14.2. The van der Waals surface area contributed by atoms with Crippen LogP contribution in [0, 0.1) is 6.92 Å². The van der Waals surface area contributed by atoms with Gasteiger partial charge in [0.2, 0.25) is 0 Å². The number of hydrogen-bond acceptors (Lipinski definition) is 3. The Bertz CT molecular complexity index is 1180. The van der Waals surface area contributed by atoms with E-state index in [1.807, 2.05) is 65.0 Å². The maximum Gasteiger partial charge on any atom is 0.261 e. The molecule has 0 atom stereocenters. The minimum Gasteiger partial charge on any atom is -0.308 e. The van der Waals surface area contributed by atoms with E-state index in [-0.39, 0.29) is 5.91 Å². The lowest BCUT2D eigenvalue weighted by Gasteiger charge is -2.17. The Morgan fingerprint density at radius 3 is 2.55 bits per heavy atom. The molecule has 1 aliphatic heterocycles. The number of aromatic nitrogens is 3. The number of nitrogens with zero attached hydrogens (tertiary/aromatic N) is 4. The first kappa shape index (κ1) is 17.4. The minimum absolute atomic E-state index is 0.0000854. The molecule has 5 heteroatoms. The summed E-state index contributed by atoms with van der Waals surface area (Å²) in [6, 6.07) is 20.2. The van der Waals surface area contributed by atoms with Gasteiger partial charge in [-0.3, -0.25) is 9.78 Å². The van der Waals surface area contributed by atoms with E-state index in [4.69, 9.17) is 0 Å². The molecular formula is C24H20N4O. The summed E-state index contributed by atoms with van der Waals surface area (Å²) in [6.45, 7) is 2.63. The van der Waals surface area contributed by atoms with E-state index in [0.717, 1.165) is 34.6 Å². The molecule has 2 aromatic heterocycles. The molecule has 29 heavy (non-hydrogen) atoms. The lowest BCUT2D eigenvalue weighted by Crippen LogP contribution is -2.29. The van der Waals surface area contributed by atoms with Gasteiger partial charge in [-0.2, -0.15) is 5.10 Å².